The molecule has 2 nitrogen and oxygen atoms in total. The van der Waals surface area contributed by atoms with Crippen LogP contribution in [0.2, 0.25) is 19.6 Å². The van der Waals surface area contributed by atoms with Crippen LogP contribution in [0.25, 0.3) is 53.8 Å². The summed E-state index contributed by atoms with van der Waals surface area (Å²) >= 11 is 1.66. The van der Waals surface area contributed by atoms with Gasteiger partial charge >= 0.3 is 0 Å². The van der Waals surface area contributed by atoms with Crippen molar-refractivity contribution < 1.29 is 24.5 Å². The zero-order valence-electron chi connectivity index (χ0n) is 26.8. The summed E-state index contributed by atoms with van der Waals surface area (Å²) in [4.78, 5) is 9.17. The first-order valence-corrected chi connectivity index (χ1v) is 19.4. The van der Waals surface area contributed by atoms with Gasteiger partial charge < -0.3 is 9.97 Å². The number of halogens is 1. The van der Waals surface area contributed by atoms with E-state index in [2.05, 4.69) is 98.9 Å². The molecule has 46 heavy (non-hydrogen) atoms. The third kappa shape index (κ3) is 7.11. The number of aromatic nitrogens is 2. The van der Waals surface area contributed by atoms with Crippen LogP contribution < -0.4 is 5.19 Å². The molecule has 4 aromatic carbocycles. The van der Waals surface area contributed by atoms with E-state index in [9.17, 15) is 4.39 Å². The number of pyridine rings is 2. The quantitative estimate of drug-likeness (QED) is 0.131. The van der Waals surface area contributed by atoms with Crippen LogP contribution in [0.4, 0.5) is 4.39 Å². The fourth-order valence-corrected chi connectivity index (χ4v) is 8.04. The predicted molar refractivity (Wildman–Crippen MR) is 192 cm³/mol. The van der Waals surface area contributed by atoms with Crippen LogP contribution in [0.15, 0.2) is 103 Å². The maximum atomic E-state index is 13.8. The first-order chi connectivity index (χ1) is 21.6. The van der Waals surface area contributed by atoms with Crippen molar-refractivity contribution in [1.29, 1.82) is 0 Å². The van der Waals surface area contributed by atoms with Crippen LogP contribution in [-0.2, 0) is 20.1 Å². The van der Waals surface area contributed by atoms with Crippen molar-refractivity contribution in [1.82, 2.24) is 9.97 Å². The summed E-state index contributed by atoms with van der Waals surface area (Å²) in [6, 6.07) is 36.3. The van der Waals surface area contributed by atoms with Crippen molar-refractivity contribution in [3.05, 3.63) is 138 Å². The molecule has 0 atom stereocenters. The third-order valence-corrected chi connectivity index (χ3v) is 11.2. The number of aryl methyl sites for hydroxylation is 3. The van der Waals surface area contributed by atoms with Crippen LogP contribution in [0, 0.1) is 38.7 Å². The summed E-state index contributed by atoms with van der Waals surface area (Å²) < 4.78 is 16.0. The van der Waals surface area contributed by atoms with E-state index in [4.69, 9.17) is 0 Å². The van der Waals surface area contributed by atoms with Gasteiger partial charge in [0.25, 0.3) is 0 Å². The molecule has 6 heteroatoms. The average Bonchev–Trinajstić information content (AvgIpc) is 3.39. The summed E-state index contributed by atoms with van der Waals surface area (Å²) in [7, 11) is -1.23. The minimum absolute atomic E-state index is 0. The molecule has 0 aliphatic carbocycles. The molecule has 3 heterocycles. The Hall–Kier alpha value is -3.80. The van der Waals surface area contributed by atoms with Crippen LogP contribution in [-0.4, -0.2) is 18.0 Å². The van der Waals surface area contributed by atoms with E-state index in [0.29, 0.717) is 0 Å². The van der Waals surface area contributed by atoms with Gasteiger partial charge in [-0.1, -0.05) is 60.9 Å². The summed E-state index contributed by atoms with van der Waals surface area (Å²) in [5.41, 5.74) is 10.1. The van der Waals surface area contributed by atoms with Gasteiger partial charge in [-0.2, -0.15) is 11.3 Å². The normalized spacial score (nSPS) is 11.2. The van der Waals surface area contributed by atoms with Gasteiger partial charge in [0.05, 0.1) is 8.07 Å². The van der Waals surface area contributed by atoms with Gasteiger partial charge in [-0.05, 0) is 94.0 Å². The largest absolute Gasteiger partial charge is 0.305 e. The number of thiophene rings is 1. The average molecular weight is 815 g/mol. The second kappa shape index (κ2) is 13.9. The van der Waals surface area contributed by atoms with Crippen LogP contribution in [0.3, 0.4) is 0 Å². The molecule has 0 saturated carbocycles. The topological polar surface area (TPSA) is 25.8 Å². The molecule has 7 aromatic rings. The molecule has 0 fully saturated rings. The molecule has 0 bridgehead atoms. The van der Waals surface area contributed by atoms with Gasteiger partial charge in [-0.15, -0.1) is 59.7 Å². The number of hydrogen-bond donors (Lipinski definition) is 0. The number of nitrogens with zero attached hydrogens (tertiary/aromatic N) is 2. The van der Waals surface area contributed by atoms with E-state index in [1.165, 1.54) is 33.5 Å². The predicted octanol–water partition coefficient (Wildman–Crippen LogP) is 10.7. The summed E-state index contributed by atoms with van der Waals surface area (Å²) in [6.07, 6.45) is 3.88. The molecule has 0 saturated heterocycles. The molecule has 3 aromatic heterocycles. The van der Waals surface area contributed by atoms with Gasteiger partial charge in [0.15, 0.2) is 0 Å². The van der Waals surface area contributed by atoms with Crippen molar-refractivity contribution in [2.24, 2.45) is 0 Å². The fraction of sp³-hybridized carbons (Fsp3) is 0.150. The van der Waals surface area contributed by atoms with Gasteiger partial charge in [-0.25, -0.2) is 4.39 Å². The van der Waals surface area contributed by atoms with Crippen molar-refractivity contribution in [3.8, 4) is 33.6 Å². The standard InChI is InChI=1S/C26H19FNS.C14H16NSi.Ir/c1-15-11-16(2)25(17(3)12-15)18-9-10-28-23(13-18)21-6-4-5-20-22-14-19(27)7-8-24(22)29-26(20)21;1-16(2,3)13-9-10-14(15-11-13)12-7-5-4-6-8-12;/h4-5,7-14H,1-3H3;4-7,9-11H,1-3H3;/q2*-1;. The van der Waals surface area contributed by atoms with E-state index in [1.807, 2.05) is 54.9 Å². The van der Waals surface area contributed by atoms with Gasteiger partial charge in [0.1, 0.15) is 5.82 Å². The Kier molecular flexibility index (Phi) is 10.1. The number of fused-ring (bicyclic) bond motifs is 3. The van der Waals surface area contributed by atoms with Crippen LogP contribution >= 0.6 is 11.3 Å². The van der Waals surface area contributed by atoms with E-state index in [1.54, 1.807) is 17.4 Å². The third-order valence-electron chi connectivity index (χ3n) is 7.99. The second-order valence-electron chi connectivity index (χ2n) is 12.5. The van der Waals surface area contributed by atoms with E-state index < -0.39 is 8.07 Å². The Morgan fingerprint density at radius 2 is 1.52 bits per heavy atom. The summed E-state index contributed by atoms with van der Waals surface area (Å²) in [5.74, 6) is -0.211. The van der Waals surface area contributed by atoms with Crippen molar-refractivity contribution in [2.75, 3.05) is 0 Å². The first kappa shape index (κ1) is 33.6. The number of rotatable bonds is 4. The summed E-state index contributed by atoms with van der Waals surface area (Å²) in [5, 5.41) is 3.39. The minimum atomic E-state index is -1.23. The van der Waals surface area contributed by atoms with Crippen molar-refractivity contribution in [3.63, 3.8) is 0 Å². The Balaban J connectivity index is 0.000000209. The van der Waals surface area contributed by atoms with Crippen LogP contribution in [0.5, 0.6) is 0 Å². The van der Waals surface area contributed by atoms with E-state index in [-0.39, 0.29) is 25.9 Å². The molecule has 0 spiro atoms. The molecular formula is C40H35FIrN2SSi-2. The van der Waals surface area contributed by atoms with Crippen LogP contribution in [0.1, 0.15) is 16.7 Å². The zero-order valence-corrected chi connectivity index (χ0v) is 31.0. The first-order valence-electron chi connectivity index (χ1n) is 15.1. The summed E-state index contributed by atoms with van der Waals surface area (Å²) in [6.45, 7) is 13.4. The molecule has 1 radical (unpaired) electrons. The van der Waals surface area contributed by atoms with Crippen molar-refractivity contribution >= 4 is 44.8 Å². The van der Waals surface area contributed by atoms with E-state index in [0.717, 1.165) is 48.3 Å². The zero-order chi connectivity index (χ0) is 31.7. The molecule has 0 amide bonds. The van der Waals surface area contributed by atoms with Crippen molar-refractivity contribution in [2.45, 2.75) is 40.4 Å². The monoisotopic (exact) mass is 815 g/mol. The molecule has 7 rings (SSSR count). The Morgan fingerprint density at radius 1 is 0.739 bits per heavy atom. The van der Waals surface area contributed by atoms with E-state index >= 15 is 0 Å². The maximum absolute atomic E-state index is 13.8. The minimum Gasteiger partial charge on any atom is -0.305 e. The second-order valence-corrected chi connectivity index (χ2v) is 18.6. The molecular weight excluding hydrogens is 780 g/mol. The molecule has 0 unspecified atom stereocenters. The molecule has 0 aliphatic rings. The molecule has 0 N–H and O–H groups in total. The van der Waals surface area contributed by atoms with Gasteiger partial charge in [0, 0.05) is 37.2 Å². The fourth-order valence-electron chi connectivity index (χ4n) is 5.81. The van der Waals surface area contributed by atoms with Gasteiger partial charge in [0.2, 0.25) is 0 Å². The Morgan fingerprint density at radius 3 is 2.20 bits per heavy atom. The Bertz CT molecular complexity index is 2110. The maximum Gasteiger partial charge on any atom is 0.123 e. The molecule has 233 valence electrons. The number of hydrogen-bond acceptors (Lipinski definition) is 3. The molecule has 0 aliphatic heterocycles. The van der Waals surface area contributed by atoms with Gasteiger partial charge in [-0.3, -0.25) is 0 Å². The smallest absolute Gasteiger partial charge is 0.123 e. The number of benzene rings is 4. The Labute approximate surface area is 289 Å². The SMILES string of the molecule is C[Si](C)(C)c1ccc(-c2[c-]cccc2)nc1.Cc1cc(C)c(-c2ccnc(-c3[c-]ccc4c3sc3ccc(F)cc34)c2)c(C)c1.[Ir].